The van der Waals surface area contributed by atoms with Gasteiger partial charge in [0.05, 0.1) is 5.25 Å². The van der Waals surface area contributed by atoms with Gasteiger partial charge in [-0.1, -0.05) is 80.6 Å². The van der Waals surface area contributed by atoms with Crippen LogP contribution in [0, 0.1) is 29.6 Å². The first-order valence-electron chi connectivity index (χ1n) is 15.3. The van der Waals surface area contributed by atoms with Crippen LogP contribution in [0.1, 0.15) is 125 Å². The van der Waals surface area contributed by atoms with Gasteiger partial charge in [-0.2, -0.15) is 12.8 Å². The number of hydrogen-bond donors (Lipinski definition) is 1. The highest BCUT2D eigenvalue weighted by molar-refractivity contribution is 7.96. The van der Waals surface area contributed by atoms with E-state index in [9.17, 15) is 16.8 Å². The van der Waals surface area contributed by atoms with Gasteiger partial charge < -0.3 is 5.32 Å². The molecule has 6 nitrogen and oxygen atoms in total. The summed E-state index contributed by atoms with van der Waals surface area (Å²) in [6.07, 6.45) is 10.5. The minimum Gasteiger partial charge on any atom is -0.310 e. The van der Waals surface area contributed by atoms with Crippen LogP contribution in [0.15, 0.2) is 18.9 Å². The number of sulfone groups is 1. The van der Waals surface area contributed by atoms with E-state index in [1.54, 1.807) is 6.92 Å². The Hall–Kier alpha value is -0.770. The summed E-state index contributed by atoms with van der Waals surface area (Å²) in [4.78, 5) is 0. The fourth-order valence-corrected chi connectivity index (χ4v) is 11.8. The maximum absolute atomic E-state index is 13.0. The standard InChI is InChI=1S/C30H54N2O4S3/c1-9-21(7)24(11-3)26(13-5)25(12-4)23(10-2)17-15-16-18-32-39(35,36)29-20-27-28(31-14-6)19-22(8)38(33,34)30(27)37-29/h18,20-26,28,31H,9-17,19H2,1-8H3/b32-18-/t21?,22-,23?,24?,25?,26?,28-/m0/s1. The van der Waals surface area contributed by atoms with Crippen LogP contribution in [0.5, 0.6) is 0 Å². The molecule has 2 rings (SSSR count). The Balaban J connectivity index is 2.11. The van der Waals surface area contributed by atoms with Crippen LogP contribution in [0.25, 0.3) is 0 Å². The average molecular weight is 603 g/mol. The van der Waals surface area contributed by atoms with E-state index in [2.05, 4.69) is 51.3 Å². The van der Waals surface area contributed by atoms with Crippen molar-refractivity contribution in [1.29, 1.82) is 0 Å². The third-order valence-corrected chi connectivity index (χ3v) is 14.9. The Morgan fingerprint density at radius 3 is 2.21 bits per heavy atom. The second-order valence-electron chi connectivity index (χ2n) is 11.5. The number of nitrogens with one attached hydrogen (secondary N) is 1. The van der Waals surface area contributed by atoms with E-state index in [0.717, 1.165) is 48.4 Å². The van der Waals surface area contributed by atoms with E-state index in [1.165, 1.54) is 38.0 Å². The van der Waals surface area contributed by atoms with Crippen molar-refractivity contribution in [2.24, 2.45) is 34.0 Å². The SMILES string of the molecule is CCN[C@H]1C[C@H](C)S(=O)(=O)c2sc(S(=O)(=O)/N=C\CCCC(CC)C(CC)C(CC)C(CC)C(C)CC)cc21. The van der Waals surface area contributed by atoms with Crippen molar-refractivity contribution < 1.29 is 16.8 Å². The topological polar surface area (TPSA) is 92.7 Å². The monoisotopic (exact) mass is 602 g/mol. The van der Waals surface area contributed by atoms with E-state index < -0.39 is 25.1 Å². The Morgan fingerprint density at radius 2 is 1.67 bits per heavy atom. The van der Waals surface area contributed by atoms with Crippen LogP contribution < -0.4 is 5.32 Å². The minimum absolute atomic E-state index is 0.0169. The van der Waals surface area contributed by atoms with Crippen molar-refractivity contribution >= 4 is 37.4 Å². The number of hydrogen-bond acceptors (Lipinski definition) is 6. The van der Waals surface area contributed by atoms with Gasteiger partial charge in [-0.15, -0.1) is 11.3 Å². The number of unbranched alkanes of at least 4 members (excludes halogenated alkanes) is 1. The van der Waals surface area contributed by atoms with Gasteiger partial charge in [-0.05, 0) is 74.8 Å². The largest absolute Gasteiger partial charge is 0.310 e. The molecule has 7 atom stereocenters. The molecule has 0 spiro atoms. The lowest BCUT2D eigenvalue weighted by molar-refractivity contribution is 0.101. The van der Waals surface area contributed by atoms with Crippen LogP contribution >= 0.6 is 11.3 Å². The first kappa shape index (κ1) is 34.4. The molecule has 39 heavy (non-hydrogen) atoms. The molecular weight excluding hydrogens is 549 g/mol. The molecule has 0 radical (unpaired) electrons. The Morgan fingerprint density at radius 1 is 1.03 bits per heavy atom. The highest BCUT2D eigenvalue weighted by atomic mass is 32.3. The number of thiophene rings is 1. The Labute approximate surface area is 243 Å². The van der Waals surface area contributed by atoms with Gasteiger partial charge >= 0.3 is 0 Å². The highest BCUT2D eigenvalue weighted by Crippen LogP contribution is 2.43. The number of nitrogens with zero attached hydrogens (tertiary/aromatic N) is 1. The smallest absolute Gasteiger partial charge is 0.291 e. The highest BCUT2D eigenvalue weighted by Gasteiger charge is 2.39. The van der Waals surface area contributed by atoms with Crippen molar-refractivity contribution in [2.75, 3.05) is 6.54 Å². The fraction of sp³-hybridized carbons (Fsp3) is 0.833. The van der Waals surface area contributed by atoms with Crippen LogP contribution in [0.3, 0.4) is 0 Å². The van der Waals surface area contributed by atoms with Gasteiger partial charge in [0.25, 0.3) is 10.0 Å². The summed E-state index contributed by atoms with van der Waals surface area (Å²) >= 11 is 0.847. The lowest BCUT2D eigenvalue weighted by Crippen LogP contribution is -2.33. The third-order valence-electron chi connectivity index (χ3n) is 9.28. The van der Waals surface area contributed by atoms with Crippen molar-refractivity contribution in [1.82, 2.24) is 5.32 Å². The van der Waals surface area contributed by atoms with Crippen LogP contribution in [-0.2, 0) is 19.9 Å². The molecule has 9 heteroatoms. The summed E-state index contributed by atoms with van der Waals surface area (Å²) in [5, 5.41) is 2.76. The molecule has 1 N–H and O–H groups in total. The third kappa shape index (κ3) is 8.16. The van der Waals surface area contributed by atoms with Crippen molar-refractivity contribution in [2.45, 2.75) is 133 Å². The molecule has 0 fully saturated rings. The fourth-order valence-electron chi connectivity index (χ4n) is 6.90. The number of rotatable bonds is 17. The zero-order chi connectivity index (χ0) is 29.4. The molecule has 0 amide bonds. The quantitative estimate of drug-likeness (QED) is 0.144. The van der Waals surface area contributed by atoms with Crippen LogP contribution in [-0.4, -0.2) is 34.8 Å². The number of sulfonamides is 1. The molecule has 0 aliphatic carbocycles. The van der Waals surface area contributed by atoms with E-state index in [4.69, 9.17) is 0 Å². The minimum atomic E-state index is -3.94. The molecule has 5 unspecified atom stereocenters. The van der Waals surface area contributed by atoms with Crippen molar-refractivity contribution in [3.05, 3.63) is 11.6 Å². The van der Waals surface area contributed by atoms with Crippen LogP contribution in [0.2, 0.25) is 0 Å². The summed E-state index contributed by atoms with van der Waals surface area (Å²) in [6.45, 7) is 18.3. The molecule has 1 aliphatic rings. The first-order chi connectivity index (χ1) is 18.4. The maximum atomic E-state index is 13.0. The molecule has 2 heterocycles. The summed E-state index contributed by atoms with van der Waals surface area (Å²) in [5.41, 5.74) is 0.568. The van der Waals surface area contributed by atoms with Gasteiger partial charge in [-0.3, -0.25) is 0 Å². The molecule has 0 saturated carbocycles. The summed E-state index contributed by atoms with van der Waals surface area (Å²) < 4.78 is 56.0. The molecule has 1 aromatic heterocycles. The maximum Gasteiger partial charge on any atom is 0.291 e. The molecule has 226 valence electrons. The summed E-state index contributed by atoms with van der Waals surface area (Å²) in [5.74, 6) is 3.52. The summed E-state index contributed by atoms with van der Waals surface area (Å²) in [6, 6.07) is 1.36. The summed E-state index contributed by atoms with van der Waals surface area (Å²) in [7, 11) is -7.46. The van der Waals surface area contributed by atoms with E-state index in [0.29, 0.717) is 36.8 Å². The Bertz CT molecular complexity index is 1130. The van der Waals surface area contributed by atoms with Gasteiger partial charge in [0, 0.05) is 17.8 Å². The number of fused-ring (bicyclic) bond motifs is 1. The lowest BCUT2D eigenvalue weighted by Gasteiger charge is -2.39. The molecule has 1 aliphatic heterocycles. The second kappa shape index (κ2) is 15.5. The van der Waals surface area contributed by atoms with Crippen molar-refractivity contribution in [3.8, 4) is 0 Å². The molecule has 0 bridgehead atoms. The second-order valence-corrected chi connectivity index (χ2v) is 16.9. The zero-order valence-electron chi connectivity index (χ0n) is 25.6. The zero-order valence-corrected chi connectivity index (χ0v) is 28.0. The predicted octanol–water partition coefficient (Wildman–Crippen LogP) is 8.05. The normalized spacial score (nSPS) is 23.3. The average Bonchev–Trinajstić information content (AvgIpc) is 3.38. The van der Waals surface area contributed by atoms with Gasteiger partial charge in [-0.25, -0.2) is 8.42 Å². The first-order valence-corrected chi connectivity index (χ1v) is 19.1. The molecule has 0 saturated heterocycles. The molecular formula is C30H54N2O4S3. The van der Waals surface area contributed by atoms with Gasteiger partial charge in [0.1, 0.15) is 8.42 Å². The van der Waals surface area contributed by atoms with Gasteiger partial charge in [0.15, 0.2) is 9.84 Å². The van der Waals surface area contributed by atoms with E-state index in [-0.39, 0.29) is 14.5 Å². The van der Waals surface area contributed by atoms with Crippen LogP contribution in [0.4, 0.5) is 0 Å². The lowest BCUT2D eigenvalue weighted by atomic mass is 9.66. The van der Waals surface area contributed by atoms with Crippen molar-refractivity contribution in [3.63, 3.8) is 0 Å². The van der Waals surface area contributed by atoms with Gasteiger partial charge in [0.2, 0.25) is 0 Å². The molecule has 1 aromatic rings. The predicted molar refractivity (Wildman–Crippen MR) is 166 cm³/mol. The van der Waals surface area contributed by atoms with E-state index in [1.807, 2.05) is 6.92 Å². The Kier molecular flexibility index (Phi) is 13.6. The molecule has 0 aromatic carbocycles. The van der Waals surface area contributed by atoms with E-state index >= 15 is 0 Å².